The van der Waals surface area contributed by atoms with E-state index in [1.54, 1.807) is 4.90 Å². The molecular weight excluding hydrogens is 308 g/mol. The number of aryl methyl sites for hydroxylation is 2. The second-order valence-corrected chi connectivity index (χ2v) is 6.61. The van der Waals surface area contributed by atoms with Crippen molar-refractivity contribution in [1.82, 2.24) is 4.90 Å². The van der Waals surface area contributed by atoms with Crippen LogP contribution in [0.25, 0.3) is 0 Å². The molecule has 1 aromatic rings. The van der Waals surface area contributed by atoms with E-state index >= 15 is 0 Å². The highest BCUT2D eigenvalue weighted by Crippen LogP contribution is 2.25. The van der Waals surface area contributed by atoms with E-state index < -0.39 is 11.5 Å². The molecule has 1 atom stereocenters. The predicted molar refractivity (Wildman–Crippen MR) is 90.6 cm³/mol. The third-order valence-electron chi connectivity index (χ3n) is 4.38. The van der Waals surface area contributed by atoms with Crippen LogP contribution in [0.15, 0.2) is 18.2 Å². The van der Waals surface area contributed by atoms with E-state index in [1.807, 2.05) is 32.0 Å². The van der Waals surface area contributed by atoms with Crippen molar-refractivity contribution in [3.05, 3.63) is 29.3 Å². The molecule has 0 bridgehead atoms. The summed E-state index contributed by atoms with van der Waals surface area (Å²) in [6.45, 7) is 4.97. The summed E-state index contributed by atoms with van der Waals surface area (Å²) in [5.41, 5.74) is 6.06. The van der Waals surface area contributed by atoms with Crippen LogP contribution in [0.4, 0.5) is 0 Å². The van der Waals surface area contributed by atoms with Crippen LogP contribution in [-0.4, -0.2) is 47.1 Å². The van der Waals surface area contributed by atoms with Gasteiger partial charge in [0.05, 0.1) is 25.0 Å². The van der Waals surface area contributed by atoms with Gasteiger partial charge in [-0.3, -0.25) is 9.59 Å². The molecule has 1 unspecified atom stereocenters. The number of rotatable bonds is 6. The summed E-state index contributed by atoms with van der Waals surface area (Å²) >= 11 is 0. The molecule has 6 nitrogen and oxygen atoms in total. The van der Waals surface area contributed by atoms with Gasteiger partial charge in [-0.1, -0.05) is 18.2 Å². The molecular formula is C18H26N2O4. The van der Waals surface area contributed by atoms with Crippen molar-refractivity contribution >= 4 is 11.8 Å². The van der Waals surface area contributed by atoms with E-state index in [9.17, 15) is 14.7 Å². The zero-order valence-corrected chi connectivity index (χ0v) is 14.4. The first-order valence-corrected chi connectivity index (χ1v) is 8.28. The van der Waals surface area contributed by atoms with Gasteiger partial charge >= 0.3 is 0 Å². The zero-order valence-electron chi connectivity index (χ0n) is 14.4. The largest absolute Gasteiger partial charge is 0.493 e. The maximum Gasteiger partial charge on any atom is 0.226 e. The van der Waals surface area contributed by atoms with Gasteiger partial charge in [-0.2, -0.15) is 0 Å². The fourth-order valence-corrected chi connectivity index (χ4v) is 3.22. The topological polar surface area (TPSA) is 92.9 Å². The molecule has 1 heterocycles. The molecule has 1 aliphatic rings. The van der Waals surface area contributed by atoms with E-state index in [1.165, 1.54) is 0 Å². The fraction of sp³-hybridized carbons (Fsp3) is 0.556. The highest BCUT2D eigenvalue weighted by atomic mass is 16.5. The van der Waals surface area contributed by atoms with Gasteiger partial charge in [-0.15, -0.1) is 0 Å². The van der Waals surface area contributed by atoms with Gasteiger partial charge in [0.2, 0.25) is 11.8 Å². The first kappa shape index (κ1) is 18.3. The first-order chi connectivity index (χ1) is 11.3. The molecule has 1 fully saturated rings. The molecule has 3 N–H and O–H groups in total. The van der Waals surface area contributed by atoms with Crippen LogP contribution in [0.1, 0.15) is 36.8 Å². The number of nitrogens with zero attached hydrogens (tertiary/aromatic N) is 1. The van der Waals surface area contributed by atoms with Gasteiger partial charge in [-0.05, 0) is 37.8 Å². The predicted octanol–water partition coefficient (Wildman–Crippen LogP) is 1.30. The first-order valence-electron chi connectivity index (χ1n) is 8.28. The van der Waals surface area contributed by atoms with Gasteiger partial charge in [-0.25, -0.2) is 0 Å². The van der Waals surface area contributed by atoms with E-state index in [0.717, 1.165) is 16.9 Å². The minimum absolute atomic E-state index is 0.0798. The molecule has 0 aliphatic carbocycles. The molecule has 1 saturated heterocycles. The molecule has 0 spiro atoms. The number of hydrogen-bond acceptors (Lipinski definition) is 4. The summed E-state index contributed by atoms with van der Waals surface area (Å²) in [6, 6.07) is 5.91. The van der Waals surface area contributed by atoms with E-state index in [-0.39, 0.29) is 31.9 Å². The minimum atomic E-state index is -1.20. The van der Waals surface area contributed by atoms with Gasteiger partial charge < -0.3 is 20.5 Å². The maximum absolute atomic E-state index is 12.4. The molecule has 24 heavy (non-hydrogen) atoms. The third kappa shape index (κ3) is 4.71. The number of carbonyl (C=O) groups excluding carboxylic acids is 2. The van der Waals surface area contributed by atoms with Gasteiger partial charge in [0.1, 0.15) is 5.75 Å². The van der Waals surface area contributed by atoms with Crippen LogP contribution in [-0.2, 0) is 9.59 Å². The number of hydrogen-bond donors (Lipinski definition) is 2. The van der Waals surface area contributed by atoms with Crippen molar-refractivity contribution in [3.8, 4) is 5.75 Å². The summed E-state index contributed by atoms with van der Waals surface area (Å²) in [4.78, 5) is 25.0. The van der Waals surface area contributed by atoms with Crippen molar-refractivity contribution < 1.29 is 19.4 Å². The summed E-state index contributed by atoms with van der Waals surface area (Å²) in [5.74, 6) is 0.183. The van der Waals surface area contributed by atoms with Gasteiger partial charge in [0.15, 0.2) is 0 Å². The molecule has 0 saturated carbocycles. The fourth-order valence-electron chi connectivity index (χ4n) is 3.22. The lowest BCUT2D eigenvalue weighted by Crippen LogP contribution is -2.52. The molecule has 0 radical (unpaired) electrons. The second kappa shape index (κ2) is 7.66. The molecule has 0 aromatic heterocycles. The average Bonchev–Trinajstić information content (AvgIpc) is 2.48. The smallest absolute Gasteiger partial charge is 0.226 e. The Hall–Kier alpha value is -2.08. The second-order valence-electron chi connectivity index (χ2n) is 6.61. The van der Waals surface area contributed by atoms with E-state index in [2.05, 4.69) is 0 Å². The van der Waals surface area contributed by atoms with Gasteiger partial charge in [0, 0.05) is 13.1 Å². The Kier molecular flexibility index (Phi) is 5.83. The molecule has 6 heteroatoms. The Bertz CT molecular complexity index is 597. The lowest BCUT2D eigenvalue weighted by Gasteiger charge is -2.38. The monoisotopic (exact) mass is 334 g/mol. The lowest BCUT2D eigenvalue weighted by atomic mass is 9.89. The van der Waals surface area contributed by atoms with Gasteiger partial charge in [0.25, 0.3) is 0 Å². The van der Waals surface area contributed by atoms with Crippen molar-refractivity contribution in [1.29, 1.82) is 0 Å². The number of carbonyl (C=O) groups is 2. The number of β-amino-alcohol motifs (C(OH)–C–C–N with tert-alkyl or cyclic N) is 1. The van der Waals surface area contributed by atoms with E-state index in [4.69, 9.17) is 10.5 Å². The number of piperidine rings is 1. The Labute approximate surface area is 142 Å². The quantitative estimate of drug-likeness (QED) is 0.820. The standard InChI is InChI=1S/C18H26N2O4/c1-13-5-3-6-14(2)17(13)24-10-7-16(22)20-9-4-8-18(23,12-20)11-15(19)21/h3,5-6,23H,4,7-12H2,1-2H3,(H2,19,21). The summed E-state index contributed by atoms with van der Waals surface area (Å²) in [5, 5.41) is 10.4. The van der Waals surface area contributed by atoms with E-state index in [0.29, 0.717) is 19.4 Å². The van der Waals surface area contributed by atoms with Crippen LogP contribution in [0.2, 0.25) is 0 Å². The summed E-state index contributed by atoms with van der Waals surface area (Å²) in [7, 11) is 0. The molecule has 2 amide bonds. The normalized spacial score (nSPS) is 20.7. The summed E-state index contributed by atoms with van der Waals surface area (Å²) in [6.07, 6.45) is 1.27. The Morgan fingerprint density at radius 2 is 2.00 bits per heavy atom. The third-order valence-corrected chi connectivity index (χ3v) is 4.38. The Morgan fingerprint density at radius 1 is 1.33 bits per heavy atom. The number of likely N-dealkylation sites (tertiary alicyclic amines) is 1. The number of amides is 2. The highest BCUT2D eigenvalue weighted by molar-refractivity contribution is 5.77. The molecule has 132 valence electrons. The van der Waals surface area contributed by atoms with Crippen LogP contribution in [0.3, 0.4) is 0 Å². The summed E-state index contributed by atoms with van der Waals surface area (Å²) < 4.78 is 5.76. The minimum Gasteiger partial charge on any atom is -0.493 e. The van der Waals surface area contributed by atoms with Crippen LogP contribution < -0.4 is 10.5 Å². The number of aliphatic hydroxyl groups is 1. The average molecular weight is 334 g/mol. The van der Waals surface area contributed by atoms with Crippen LogP contribution in [0, 0.1) is 13.8 Å². The van der Waals surface area contributed by atoms with Crippen molar-refractivity contribution in [2.75, 3.05) is 19.7 Å². The number of ether oxygens (including phenoxy) is 1. The molecule has 1 aromatic carbocycles. The van der Waals surface area contributed by atoms with Crippen LogP contribution in [0.5, 0.6) is 5.75 Å². The molecule has 2 rings (SSSR count). The Morgan fingerprint density at radius 3 is 2.62 bits per heavy atom. The zero-order chi connectivity index (χ0) is 17.7. The number of benzene rings is 1. The molecule has 1 aliphatic heterocycles. The van der Waals surface area contributed by atoms with Crippen LogP contribution >= 0.6 is 0 Å². The van der Waals surface area contributed by atoms with Crippen molar-refractivity contribution in [2.24, 2.45) is 5.73 Å². The number of para-hydroxylation sites is 1. The number of nitrogens with two attached hydrogens (primary N) is 1. The van der Waals surface area contributed by atoms with Crippen molar-refractivity contribution in [2.45, 2.75) is 45.1 Å². The highest BCUT2D eigenvalue weighted by Gasteiger charge is 2.36. The lowest BCUT2D eigenvalue weighted by molar-refractivity contribution is -0.142. The number of primary amides is 1. The SMILES string of the molecule is Cc1cccc(C)c1OCCC(=O)N1CCCC(O)(CC(N)=O)C1. The van der Waals surface area contributed by atoms with Crippen molar-refractivity contribution in [3.63, 3.8) is 0 Å². The Balaban J connectivity index is 1.87. The maximum atomic E-state index is 12.4.